The van der Waals surface area contributed by atoms with Crippen LogP contribution in [0, 0.1) is 18.3 Å². The van der Waals surface area contributed by atoms with Crippen LogP contribution in [-0.2, 0) is 9.47 Å². The van der Waals surface area contributed by atoms with E-state index in [1.807, 2.05) is 33.8 Å². The van der Waals surface area contributed by atoms with Gasteiger partial charge in [0, 0.05) is 6.54 Å². The Morgan fingerprint density at radius 1 is 1.31 bits per heavy atom. The lowest BCUT2D eigenvalue weighted by atomic mass is 10.0. The van der Waals surface area contributed by atoms with Gasteiger partial charge in [-0.3, -0.25) is 4.79 Å². The Bertz CT molecular complexity index is 794. The van der Waals surface area contributed by atoms with Crippen molar-refractivity contribution in [3.8, 4) is 17.6 Å². The van der Waals surface area contributed by atoms with Crippen LogP contribution >= 0.6 is 0 Å². The molecule has 0 radical (unpaired) electrons. The average Bonchev–Trinajstić information content (AvgIpc) is 2.64. The second kappa shape index (κ2) is 9.61. The number of amides is 1. The summed E-state index contributed by atoms with van der Waals surface area (Å²) in [4.78, 5) is 26.3. The van der Waals surface area contributed by atoms with Crippen LogP contribution in [0.1, 0.15) is 43.1 Å². The van der Waals surface area contributed by atoms with Crippen LogP contribution in [0.25, 0.3) is 0 Å². The third kappa shape index (κ3) is 6.36. The second-order valence-corrected chi connectivity index (χ2v) is 7.83. The van der Waals surface area contributed by atoms with Gasteiger partial charge in [0.15, 0.2) is 5.78 Å². The van der Waals surface area contributed by atoms with Crippen molar-refractivity contribution in [2.24, 2.45) is 0 Å². The largest absolute Gasteiger partial charge is 0.496 e. The molecule has 0 N–H and O–H groups in total. The summed E-state index contributed by atoms with van der Waals surface area (Å²) in [6.45, 7) is 8.57. The van der Waals surface area contributed by atoms with E-state index >= 15 is 0 Å². The maximum absolute atomic E-state index is 12.4. The van der Waals surface area contributed by atoms with Crippen LogP contribution in [0.4, 0.5) is 4.79 Å². The number of carbonyl (C=O) groups excluding carboxylic acids is 2. The Labute approximate surface area is 171 Å². The molecule has 0 bridgehead atoms. The van der Waals surface area contributed by atoms with Gasteiger partial charge in [0.1, 0.15) is 35.4 Å². The number of hydrogen-bond donors (Lipinski definition) is 0. The Kier molecular flexibility index (Phi) is 7.46. The summed E-state index contributed by atoms with van der Waals surface area (Å²) in [7, 11) is 1.46. The molecule has 1 aromatic carbocycles. The number of ketones is 1. The molecule has 8 heteroatoms. The van der Waals surface area contributed by atoms with Gasteiger partial charge in [0.05, 0.1) is 32.8 Å². The number of hydrogen-bond acceptors (Lipinski definition) is 7. The number of aryl methyl sites for hydroxylation is 1. The molecule has 1 heterocycles. The number of ether oxygens (including phenoxy) is 4. The first-order valence-corrected chi connectivity index (χ1v) is 9.45. The number of Topliss-reactive ketones (excluding diaryl/α,β-unsaturated/α-hetero) is 1. The molecule has 29 heavy (non-hydrogen) atoms. The van der Waals surface area contributed by atoms with Crippen molar-refractivity contribution >= 4 is 11.9 Å². The zero-order valence-corrected chi connectivity index (χ0v) is 17.6. The lowest BCUT2D eigenvalue weighted by Crippen LogP contribution is -2.49. The van der Waals surface area contributed by atoms with Gasteiger partial charge < -0.3 is 23.8 Å². The summed E-state index contributed by atoms with van der Waals surface area (Å²) in [5.41, 5.74) is 0.514. The molecule has 1 saturated heterocycles. The Morgan fingerprint density at radius 2 is 2.00 bits per heavy atom. The van der Waals surface area contributed by atoms with Crippen LogP contribution in [-0.4, -0.2) is 61.9 Å². The molecule has 0 spiro atoms. The minimum atomic E-state index is -0.574. The highest BCUT2D eigenvalue weighted by Gasteiger charge is 2.29. The molecule has 0 unspecified atom stereocenters. The van der Waals surface area contributed by atoms with E-state index in [1.165, 1.54) is 7.11 Å². The third-order valence-corrected chi connectivity index (χ3v) is 4.16. The lowest BCUT2D eigenvalue weighted by Gasteiger charge is -2.34. The first kappa shape index (κ1) is 22.5. The molecule has 8 nitrogen and oxygen atoms in total. The predicted octanol–water partition coefficient (Wildman–Crippen LogP) is 3.11. The van der Waals surface area contributed by atoms with E-state index in [0.29, 0.717) is 31.2 Å². The molecule has 1 fully saturated rings. The van der Waals surface area contributed by atoms with Gasteiger partial charge in [0.2, 0.25) is 0 Å². The molecule has 1 amide bonds. The molecular weight excluding hydrogens is 376 g/mol. The van der Waals surface area contributed by atoms with Crippen molar-refractivity contribution in [2.45, 2.75) is 45.8 Å². The SMILES string of the molecule is COc1cc(C)cc(OC[C@@H]2CN(C(=O)OC(C)(C)C)CCO2)c1C(=O)CC#N. The topological polar surface area (TPSA) is 98.1 Å². The van der Waals surface area contributed by atoms with Crippen LogP contribution in [0.15, 0.2) is 12.1 Å². The van der Waals surface area contributed by atoms with Crippen molar-refractivity contribution in [2.75, 3.05) is 33.4 Å². The van der Waals surface area contributed by atoms with Crippen molar-refractivity contribution in [1.82, 2.24) is 4.90 Å². The minimum Gasteiger partial charge on any atom is -0.496 e. The van der Waals surface area contributed by atoms with Gasteiger partial charge in [-0.15, -0.1) is 0 Å². The number of carbonyl (C=O) groups is 2. The summed E-state index contributed by atoms with van der Waals surface area (Å²) in [5, 5.41) is 8.88. The number of nitriles is 1. The van der Waals surface area contributed by atoms with Crippen molar-refractivity contribution < 1.29 is 28.5 Å². The highest BCUT2D eigenvalue weighted by Crippen LogP contribution is 2.32. The van der Waals surface area contributed by atoms with Crippen molar-refractivity contribution in [1.29, 1.82) is 5.26 Å². The number of benzene rings is 1. The summed E-state index contributed by atoms with van der Waals surface area (Å²) in [6, 6.07) is 5.30. The van der Waals surface area contributed by atoms with Gasteiger partial charge in [0.25, 0.3) is 0 Å². The van der Waals surface area contributed by atoms with E-state index in [4.69, 9.17) is 24.2 Å². The number of methoxy groups -OCH3 is 1. The van der Waals surface area contributed by atoms with Crippen LogP contribution in [0.5, 0.6) is 11.5 Å². The maximum atomic E-state index is 12.4. The molecule has 0 saturated carbocycles. The first-order valence-electron chi connectivity index (χ1n) is 9.45. The number of nitrogens with zero attached hydrogens (tertiary/aromatic N) is 2. The molecule has 0 aliphatic carbocycles. The lowest BCUT2D eigenvalue weighted by molar-refractivity contribution is -0.0557. The number of morpholine rings is 1. The zero-order chi connectivity index (χ0) is 21.6. The standard InChI is InChI=1S/C21H28N2O6/c1-14-10-17(26-5)19(16(24)6-7-22)18(11-14)28-13-15-12-23(8-9-27-15)20(25)29-21(2,3)4/h10-11,15H,6,8-9,12-13H2,1-5H3/t15-/m0/s1. The zero-order valence-electron chi connectivity index (χ0n) is 17.6. The highest BCUT2D eigenvalue weighted by atomic mass is 16.6. The van der Waals surface area contributed by atoms with E-state index in [-0.39, 0.29) is 30.5 Å². The van der Waals surface area contributed by atoms with Crippen LogP contribution < -0.4 is 9.47 Å². The number of rotatable bonds is 6. The molecular formula is C21H28N2O6. The molecule has 2 rings (SSSR count). The fraction of sp³-hybridized carbons (Fsp3) is 0.571. The fourth-order valence-corrected chi connectivity index (χ4v) is 2.93. The van der Waals surface area contributed by atoms with E-state index in [0.717, 1.165) is 5.56 Å². The molecule has 1 atom stereocenters. The average molecular weight is 404 g/mol. The maximum Gasteiger partial charge on any atom is 0.410 e. The van der Waals surface area contributed by atoms with Gasteiger partial charge in [-0.1, -0.05) is 0 Å². The minimum absolute atomic E-state index is 0.138. The second-order valence-electron chi connectivity index (χ2n) is 7.83. The monoisotopic (exact) mass is 404 g/mol. The van der Waals surface area contributed by atoms with Gasteiger partial charge in [-0.25, -0.2) is 4.79 Å². The fourth-order valence-electron chi connectivity index (χ4n) is 2.93. The molecule has 1 aromatic rings. The first-order chi connectivity index (χ1) is 13.6. The van der Waals surface area contributed by atoms with E-state index in [9.17, 15) is 9.59 Å². The van der Waals surface area contributed by atoms with E-state index < -0.39 is 11.7 Å². The van der Waals surface area contributed by atoms with Crippen LogP contribution in [0.2, 0.25) is 0 Å². The normalized spacial score (nSPS) is 16.7. The van der Waals surface area contributed by atoms with Gasteiger partial charge >= 0.3 is 6.09 Å². The van der Waals surface area contributed by atoms with Crippen LogP contribution in [0.3, 0.4) is 0 Å². The highest BCUT2D eigenvalue weighted by molar-refractivity contribution is 6.02. The Balaban J connectivity index is 2.11. The molecule has 0 aromatic heterocycles. The third-order valence-electron chi connectivity index (χ3n) is 4.16. The van der Waals surface area contributed by atoms with Crippen molar-refractivity contribution in [3.63, 3.8) is 0 Å². The Hall–Kier alpha value is -2.79. The van der Waals surface area contributed by atoms with Gasteiger partial charge in [-0.05, 0) is 45.4 Å². The molecule has 1 aliphatic heterocycles. The summed E-state index contributed by atoms with van der Waals surface area (Å²) >= 11 is 0. The van der Waals surface area contributed by atoms with E-state index in [1.54, 1.807) is 17.0 Å². The quantitative estimate of drug-likeness (QED) is 0.672. The van der Waals surface area contributed by atoms with Crippen molar-refractivity contribution in [3.05, 3.63) is 23.3 Å². The summed E-state index contributed by atoms with van der Waals surface area (Å²) in [6.07, 6.45) is -1.04. The smallest absolute Gasteiger partial charge is 0.410 e. The van der Waals surface area contributed by atoms with E-state index in [2.05, 4.69) is 0 Å². The predicted molar refractivity (Wildman–Crippen MR) is 105 cm³/mol. The summed E-state index contributed by atoms with van der Waals surface area (Å²) < 4.78 is 22.3. The molecule has 158 valence electrons. The Morgan fingerprint density at radius 3 is 2.62 bits per heavy atom. The van der Waals surface area contributed by atoms with Gasteiger partial charge in [-0.2, -0.15) is 5.26 Å². The summed E-state index contributed by atoms with van der Waals surface area (Å²) in [5.74, 6) is 0.319. The molecule has 1 aliphatic rings.